The van der Waals surface area contributed by atoms with Crippen LogP contribution in [0, 0.1) is 20.8 Å². The molecule has 0 saturated heterocycles. The highest BCUT2D eigenvalue weighted by Crippen LogP contribution is 2.22. The lowest BCUT2D eigenvalue weighted by molar-refractivity contribution is 0.428. The third-order valence-electron chi connectivity index (χ3n) is 3.98. The van der Waals surface area contributed by atoms with Gasteiger partial charge in [0.2, 0.25) is 14.9 Å². The molecular weight excluding hydrogens is 408 g/mol. The van der Waals surface area contributed by atoms with Gasteiger partial charge < -0.3 is 4.42 Å². The van der Waals surface area contributed by atoms with E-state index in [9.17, 15) is 16.8 Å². The average Bonchev–Trinajstić information content (AvgIpc) is 3.10. The van der Waals surface area contributed by atoms with Crippen molar-refractivity contribution in [3.63, 3.8) is 0 Å². The molecule has 0 unspecified atom stereocenters. The van der Waals surface area contributed by atoms with Crippen LogP contribution in [-0.4, -0.2) is 16.8 Å². The fraction of sp³-hybridized carbons (Fsp3) is 0.182. The predicted molar refractivity (Wildman–Crippen MR) is 113 cm³/mol. The Balaban J connectivity index is 0.000000212. The van der Waals surface area contributed by atoms with Gasteiger partial charge in [0, 0.05) is 5.41 Å². The monoisotopic (exact) mass is 432 g/mol. The highest BCUT2D eigenvalue weighted by molar-refractivity contribution is 7.94. The molecule has 0 spiro atoms. The van der Waals surface area contributed by atoms with Crippen LogP contribution in [-0.2, 0) is 19.7 Å². The summed E-state index contributed by atoms with van der Waals surface area (Å²) in [4.78, 5) is 0.601. The molecule has 0 N–H and O–H groups in total. The van der Waals surface area contributed by atoms with Gasteiger partial charge in [0.25, 0.3) is 0 Å². The molecule has 3 rings (SSSR count). The van der Waals surface area contributed by atoms with Gasteiger partial charge >= 0.3 is 0 Å². The Bertz CT molecular complexity index is 1180. The lowest BCUT2D eigenvalue weighted by atomic mass is 10.2. The molecule has 0 radical (unpaired) electrons. The number of benzene rings is 2. The zero-order valence-corrected chi connectivity index (χ0v) is 18.4. The Morgan fingerprint density at radius 3 is 1.59 bits per heavy atom. The van der Waals surface area contributed by atoms with E-state index in [0.717, 1.165) is 11.1 Å². The Hall–Kier alpha value is -2.64. The van der Waals surface area contributed by atoms with Crippen molar-refractivity contribution in [2.75, 3.05) is 0 Å². The maximum atomic E-state index is 12.1. The number of allylic oxidation sites excluding steroid dienone is 1. The summed E-state index contributed by atoms with van der Waals surface area (Å²) in [5, 5.41) is 1.20. The van der Waals surface area contributed by atoms with Crippen molar-refractivity contribution in [1.29, 1.82) is 0 Å². The van der Waals surface area contributed by atoms with Crippen molar-refractivity contribution in [2.45, 2.75) is 42.6 Å². The van der Waals surface area contributed by atoms with Gasteiger partial charge in [-0.05, 0) is 64.1 Å². The highest BCUT2D eigenvalue weighted by atomic mass is 32.2. The van der Waals surface area contributed by atoms with E-state index in [0.29, 0.717) is 10.7 Å². The number of hydrogen-bond acceptors (Lipinski definition) is 5. The molecule has 0 saturated carbocycles. The predicted octanol–water partition coefficient (Wildman–Crippen LogP) is 5.03. The first-order valence-corrected chi connectivity index (χ1v) is 11.9. The second-order valence-corrected chi connectivity index (χ2v) is 10.2. The standard InChI is InChI=1S/C12H12O3S.C10H12O2S/c1-9-3-6-11(7-4-9)16(13,14)12-8-5-10(2)15-12;1-3-8-13(11,12)10-6-4-9(2)5-7-10/h3-8H,1-2H3;3-8H,1-2H3/b;8-3+. The van der Waals surface area contributed by atoms with Gasteiger partial charge in [-0.2, -0.15) is 0 Å². The summed E-state index contributed by atoms with van der Waals surface area (Å²) in [7, 11) is -6.71. The van der Waals surface area contributed by atoms with Crippen LogP contribution in [0.2, 0.25) is 0 Å². The van der Waals surface area contributed by atoms with E-state index in [2.05, 4.69) is 0 Å². The molecule has 7 heteroatoms. The zero-order valence-electron chi connectivity index (χ0n) is 16.8. The molecule has 0 fully saturated rings. The van der Waals surface area contributed by atoms with Crippen LogP contribution in [0.25, 0.3) is 0 Å². The smallest absolute Gasteiger partial charge is 0.239 e. The van der Waals surface area contributed by atoms with Gasteiger partial charge in [0.05, 0.1) is 9.79 Å². The van der Waals surface area contributed by atoms with Crippen LogP contribution in [0.4, 0.5) is 0 Å². The minimum Gasteiger partial charge on any atom is -0.450 e. The molecule has 29 heavy (non-hydrogen) atoms. The zero-order chi connectivity index (χ0) is 21.7. The summed E-state index contributed by atoms with van der Waals surface area (Å²) in [6.07, 6.45) is 1.52. The van der Waals surface area contributed by atoms with Crippen molar-refractivity contribution in [3.05, 3.63) is 89.0 Å². The molecule has 0 amide bonds. The van der Waals surface area contributed by atoms with E-state index in [4.69, 9.17) is 4.42 Å². The van der Waals surface area contributed by atoms with Gasteiger partial charge in [-0.3, -0.25) is 0 Å². The van der Waals surface area contributed by atoms with Crippen LogP contribution < -0.4 is 0 Å². The van der Waals surface area contributed by atoms with Crippen LogP contribution in [0.3, 0.4) is 0 Å². The van der Waals surface area contributed by atoms with Crippen molar-refractivity contribution in [3.8, 4) is 0 Å². The quantitative estimate of drug-likeness (QED) is 0.577. The fourth-order valence-corrected chi connectivity index (χ4v) is 4.62. The molecule has 1 heterocycles. The maximum Gasteiger partial charge on any atom is 0.239 e. The van der Waals surface area contributed by atoms with Crippen LogP contribution in [0.15, 0.2) is 91.4 Å². The molecule has 0 aliphatic carbocycles. The maximum absolute atomic E-state index is 12.1. The van der Waals surface area contributed by atoms with Crippen LogP contribution in [0.5, 0.6) is 0 Å². The lowest BCUT2D eigenvalue weighted by Gasteiger charge is -2.01. The molecular formula is C22H24O5S2. The number of hydrogen-bond donors (Lipinski definition) is 0. The second kappa shape index (κ2) is 9.24. The van der Waals surface area contributed by atoms with Gasteiger partial charge in [-0.15, -0.1) is 0 Å². The summed E-state index contributed by atoms with van der Waals surface area (Å²) < 4.78 is 52.2. The third-order valence-corrected chi connectivity index (χ3v) is 7.18. The average molecular weight is 433 g/mol. The molecule has 2 aromatic carbocycles. The number of furan rings is 1. The molecule has 3 aromatic rings. The SMILES string of the molecule is C/C=C/S(=O)(=O)c1ccc(C)cc1.Cc1ccc(S(=O)(=O)c2ccc(C)o2)cc1. The lowest BCUT2D eigenvalue weighted by Crippen LogP contribution is -2.00. The van der Waals surface area contributed by atoms with Gasteiger partial charge in [-0.25, -0.2) is 16.8 Å². The van der Waals surface area contributed by atoms with Crippen LogP contribution >= 0.6 is 0 Å². The molecule has 0 atom stereocenters. The molecule has 0 aliphatic rings. The number of aryl methyl sites for hydroxylation is 3. The minimum absolute atomic E-state index is 0.00569. The summed E-state index contributed by atoms with van der Waals surface area (Å²) >= 11 is 0. The van der Waals surface area contributed by atoms with Crippen molar-refractivity contribution < 1.29 is 21.3 Å². The molecule has 5 nitrogen and oxygen atoms in total. The van der Waals surface area contributed by atoms with E-state index in [-0.39, 0.29) is 9.99 Å². The topological polar surface area (TPSA) is 81.4 Å². The first-order valence-electron chi connectivity index (χ1n) is 8.89. The molecule has 154 valence electrons. The Labute approximate surface area is 172 Å². The van der Waals surface area contributed by atoms with E-state index >= 15 is 0 Å². The van der Waals surface area contributed by atoms with E-state index in [1.807, 2.05) is 13.8 Å². The van der Waals surface area contributed by atoms with Gasteiger partial charge in [-0.1, -0.05) is 41.5 Å². The Kier molecular flexibility index (Phi) is 7.21. The Morgan fingerprint density at radius 1 is 0.690 bits per heavy atom. The van der Waals surface area contributed by atoms with Crippen LogP contribution in [0.1, 0.15) is 23.8 Å². The van der Waals surface area contributed by atoms with Crippen molar-refractivity contribution >= 4 is 19.7 Å². The minimum atomic E-state index is -3.50. The van der Waals surface area contributed by atoms with Crippen molar-refractivity contribution in [2.24, 2.45) is 0 Å². The summed E-state index contributed by atoms with van der Waals surface area (Å²) in [6, 6.07) is 16.6. The van der Waals surface area contributed by atoms with Crippen molar-refractivity contribution in [1.82, 2.24) is 0 Å². The molecule has 1 aromatic heterocycles. The first kappa shape index (κ1) is 22.6. The summed E-state index contributed by atoms with van der Waals surface area (Å²) in [5.74, 6) is 0.589. The molecule has 0 aliphatic heterocycles. The van der Waals surface area contributed by atoms with Gasteiger partial charge in [0.1, 0.15) is 5.76 Å². The first-order chi connectivity index (χ1) is 13.6. The van der Waals surface area contributed by atoms with E-state index in [1.54, 1.807) is 68.4 Å². The summed E-state index contributed by atoms with van der Waals surface area (Å²) in [5.41, 5.74) is 2.08. The highest BCUT2D eigenvalue weighted by Gasteiger charge is 2.20. The summed E-state index contributed by atoms with van der Waals surface area (Å²) in [6.45, 7) is 7.24. The number of sulfone groups is 2. The van der Waals surface area contributed by atoms with Gasteiger partial charge in [0.15, 0.2) is 9.84 Å². The normalized spacial score (nSPS) is 11.9. The van der Waals surface area contributed by atoms with E-state index in [1.165, 1.54) is 17.6 Å². The third kappa shape index (κ3) is 5.92. The molecule has 0 bridgehead atoms. The fourth-order valence-electron chi connectivity index (χ4n) is 2.38. The Morgan fingerprint density at radius 2 is 1.17 bits per heavy atom. The second-order valence-electron chi connectivity index (χ2n) is 6.51. The largest absolute Gasteiger partial charge is 0.450 e. The van der Waals surface area contributed by atoms with E-state index < -0.39 is 19.7 Å². The number of rotatable bonds is 4.